The summed E-state index contributed by atoms with van der Waals surface area (Å²) in [5.74, 6) is 0.757. The molecule has 0 amide bonds. The largest absolute Gasteiger partial charge is 0.507 e. The Bertz CT molecular complexity index is 1450. The van der Waals surface area contributed by atoms with Crippen molar-refractivity contribution in [3.8, 4) is 11.5 Å². The van der Waals surface area contributed by atoms with Gasteiger partial charge in [0.25, 0.3) is 0 Å². The van der Waals surface area contributed by atoms with Gasteiger partial charge >= 0.3 is 0 Å². The van der Waals surface area contributed by atoms with Gasteiger partial charge in [0.2, 0.25) is 0 Å². The third-order valence-electron chi connectivity index (χ3n) is 10.5. The number of benzene rings is 4. The Morgan fingerprint density at radius 2 is 0.694 bits per heavy atom. The van der Waals surface area contributed by atoms with Crippen LogP contribution in [0.15, 0.2) is 72.8 Å². The van der Waals surface area contributed by atoms with E-state index in [4.69, 9.17) is 0 Å². The zero-order valence-corrected chi connectivity index (χ0v) is 31.3. The maximum Gasteiger partial charge on any atom is 0.122 e. The third-order valence-corrected chi connectivity index (χ3v) is 10.5. The molecule has 2 nitrogen and oxygen atoms in total. The highest BCUT2D eigenvalue weighted by molar-refractivity contribution is 5.53. The summed E-state index contributed by atoms with van der Waals surface area (Å²) in [5, 5.41) is 23.6. The first-order valence-corrected chi connectivity index (χ1v) is 19.7. The van der Waals surface area contributed by atoms with E-state index in [2.05, 4.69) is 100 Å². The van der Waals surface area contributed by atoms with Gasteiger partial charge in [0.1, 0.15) is 11.5 Å². The van der Waals surface area contributed by atoms with Gasteiger partial charge in [-0.05, 0) is 95.2 Å². The highest BCUT2D eigenvalue weighted by Crippen LogP contribution is 2.35. The van der Waals surface area contributed by atoms with Crippen LogP contribution < -0.4 is 0 Å². The molecule has 4 aromatic rings. The topological polar surface area (TPSA) is 40.5 Å². The summed E-state index contributed by atoms with van der Waals surface area (Å²) < 4.78 is 0. The molecule has 49 heavy (non-hydrogen) atoms. The number of hydrogen-bond donors (Lipinski definition) is 2. The molecule has 0 unspecified atom stereocenters. The second-order valence-electron chi connectivity index (χ2n) is 14.7. The van der Waals surface area contributed by atoms with Crippen LogP contribution in [0.4, 0.5) is 0 Å². The molecule has 4 aromatic carbocycles. The van der Waals surface area contributed by atoms with Gasteiger partial charge in [-0.15, -0.1) is 0 Å². The summed E-state index contributed by atoms with van der Waals surface area (Å²) in [4.78, 5) is 0. The number of aromatic hydroxyl groups is 2. The molecule has 2 N–H and O–H groups in total. The average Bonchev–Trinajstić information content (AvgIpc) is 3.09. The van der Waals surface area contributed by atoms with Crippen LogP contribution in [-0.4, -0.2) is 10.2 Å². The van der Waals surface area contributed by atoms with Gasteiger partial charge in [0.15, 0.2) is 0 Å². The van der Waals surface area contributed by atoms with Crippen LogP contribution in [0.3, 0.4) is 0 Å². The first kappa shape index (κ1) is 38.3. The fourth-order valence-electron chi connectivity index (χ4n) is 7.30. The third kappa shape index (κ3) is 12.4. The Hall–Kier alpha value is -3.52. The summed E-state index contributed by atoms with van der Waals surface area (Å²) in [6.45, 7) is 8.85. The summed E-state index contributed by atoms with van der Waals surface area (Å²) in [6, 6.07) is 25.9. The van der Waals surface area contributed by atoms with Gasteiger partial charge in [-0.2, -0.15) is 0 Å². The van der Waals surface area contributed by atoms with E-state index in [1.54, 1.807) is 0 Å². The zero-order valence-electron chi connectivity index (χ0n) is 31.3. The van der Waals surface area contributed by atoms with Crippen LogP contribution in [0.5, 0.6) is 11.5 Å². The van der Waals surface area contributed by atoms with Crippen molar-refractivity contribution in [3.05, 3.63) is 128 Å². The lowest BCUT2D eigenvalue weighted by molar-refractivity contribution is 0.456. The average molecular weight is 661 g/mol. The van der Waals surface area contributed by atoms with Gasteiger partial charge < -0.3 is 10.2 Å². The molecule has 0 heterocycles. The van der Waals surface area contributed by atoms with Crippen molar-refractivity contribution in [1.82, 2.24) is 0 Å². The molecule has 0 saturated carbocycles. The van der Waals surface area contributed by atoms with Crippen molar-refractivity contribution < 1.29 is 10.2 Å². The normalized spacial score (nSPS) is 11.3. The van der Waals surface area contributed by atoms with Crippen LogP contribution >= 0.6 is 0 Å². The number of aryl methyl sites for hydroxylation is 4. The zero-order chi connectivity index (χ0) is 34.8. The van der Waals surface area contributed by atoms with Crippen molar-refractivity contribution in [1.29, 1.82) is 0 Å². The van der Waals surface area contributed by atoms with E-state index < -0.39 is 0 Å². The quantitative estimate of drug-likeness (QED) is 0.0824. The molecule has 0 radical (unpaired) electrons. The molecule has 0 aliphatic rings. The number of phenols is 2. The van der Waals surface area contributed by atoms with E-state index in [1.807, 2.05) is 0 Å². The van der Waals surface area contributed by atoms with Gasteiger partial charge in [0.05, 0.1) is 0 Å². The molecule has 0 aliphatic carbocycles. The van der Waals surface area contributed by atoms with E-state index in [1.165, 1.54) is 123 Å². The highest BCUT2D eigenvalue weighted by Gasteiger charge is 2.17. The number of rotatable bonds is 22. The van der Waals surface area contributed by atoms with Crippen LogP contribution in [-0.2, 0) is 32.1 Å². The lowest BCUT2D eigenvalue weighted by atomic mass is 9.89. The first-order valence-electron chi connectivity index (χ1n) is 19.7. The van der Waals surface area contributed by atoms with E-state index in [9.17, 15) is 10.2 Å². The van der Waals surface area contributed by atoms with Crippen LogP contribution in [0, 0.1) is 13.8 Å². The summed E-state index contributed by atoms with van der Waals surface area (Å²) >= 11 is 0. The minimum atomic E-state index is 0.379. The van der Waals surface area contributed by atoms with E-state index >= 15 is 0 Å². The van der Waals surface area contributed by atoms with Gasteiger partial charge in [0, 0.05) is 19.3 Å². The molecule has 4 rings (SSSR count). The van der Waals surface area contributed by atoms with Crippen molar-refractivity contribution in [3.63, 3.8) is 0 Å². The fraction of sp³-hybridized carbons (Fsp3) is 0.489. The van der Waals surface area contributed by atoms with Crippen LogP contribution in [0.2, 0.25) is 0 Å². The Morgan fingerprint density at radius 1 is 0.388 bits per heavy atom. The maximum atomic E-state index is 11.8. The lowest BCUT2D eigenvalue weighted by Crippen LogP contribution is -2.02. The van der Waals surface area contributed by atoms with Crippen LogP contribution in [0.25, 0.3) is 0 Å². The van der Waals surface area contributed by atoms with Crippen molar-refractivity contribution in [2.24, 2.45) is 0 Å². The van der Waals surface area contributed by atoms with Gasteiger partial charge in [-0.3, -0.25) is 0 Å². The number of hydrogen-bond acceptors (Lipinski definition) is 2. The fourth-order valence-corrected chi connectivity index (χ4v) is 7.30. The number of unbranched alkanes of at least 4 members (excludes halogenated alkanes) is 12. The smallest absolute Gasteiger partial charge is 0.122 e. The Labute approximate surface area is 299 Å². The lowest BCUT2D eigenvalue weighted by Gasteiger charge is -2.18. The van der Waals surface area contributed by atoms with Crippen LogP contribution in [0.1, 0.15) is 159 Å². The van der Waals surface area contributed by atoms with Gasteiger partial charge in [-0.1, -0.05) is 164 Å². The second-order valence-corrected chi connectivity index (χ2v) is 14.7. The molecule has 0 aromatic heterocycles. The maximum absolute atomic E-state index is 11.8. The molecule has 0 atom stereocenters. The molecule has 0 saturated heterocycles. The van der Waals surface area contributed by atoms with E-state index in [0.29, 0.717) is 30.8 Å². The standard InChI is InChI=1S/C47H64O2/c1-5-7-9-11-13-15-17-25-38-29-42(33-40-27-21-19-23-36(40)3)46(48)44(31-38)35-45-32-39(26-18-16-14-12-10-8-6-2)30-43(47(45)49)34-41-28-22-20-24-37(41)4/h19-24,27-32,48-49H,5-18,25-26,33-35H2,1-4H3. The predicted octanol–water partition coefficient (Wildman–Crippen LogP) is 13.1. The van der Waals surface area contributed by atoms with Gasteiger partial charge in [-0.25, -0.2) is 0 Å². The monoisotopic (exact) mass is 660 g/mol. The van der Waals surface area contributed by atoms with Crippen molar-refractivity contribution in [2.45, 2.75) is 150 Å². The summed E-state index contributed by atoms with van der Waals surface area (Å²) in [7, 11) is 0. The molecule has 2 heteroatoms. The molecule has 0 spiro atoms. The minimum absolute atomic E-state index is 0.379. The first-order chi connectivity index (χ1) is 23.9. The SMILES string of the molecule is CCCCCCCCCc1cc(Cc2ccccc2C)c(O)c(Cc2cc(CCCCCCCCC)cc(Cc3ccccc3C)c2O)c1. The molecule has 0 fully saturated rings. The van der Waals surface area contributed by atoms with E-state index in [0.717, 1.165) is 35.1 Å². The highest BCUT2D eigenvalue weighted by atomic mass is 16.3. The predicted molar refractivity (Wildman–Crippen MR) is 210 cm³/mol. The molecule has 0 aliphatic heterocycles. The Morgan fingerprint density at radius 3 is 1.04 bits per heavy atom. The van der Waals surface area contributed by atoms with E-state index in [-0.39, 0.29) is 0 Å². The van der Waals surface area contributed by atoms with Crippen molar-refractivity contribution >= 4 is 0 Å². The number of phenolic OH excluding ortho intramolecular Hbond substituents is 2. The molecular formula is C47H64O2. The summed E-state index contributed by atoms with van der Waals surface area (Å²) in [6.07, 6.45) is 22.0. The Balaban J connectivity index is 1.62. The molecular weight excluding hydrogens is 597 g/mol. The second kappa shape index (κ2) is 20.9. The Kier molecular flexibility index (Phi) is 16.3. The molecule has 264 valence electrons. The van der Waals surface area contributed by atoms with Crippen molar-refractivity contribution in [2.75, 3.05) is 0 Å². The minimum Gasteiger partial charge on any atom is -0.507 e. The summed E-state index contributed by atoms with van der Waals surface area (Å²) in [5.41, 5.74) is 11.4. The molecule has 0 bridgehead atoms.